The highest BCUT2D eigenvalue weighted by Gasteiger charge is 2.13. The van der Waals surface area contributed by atoms with Gasteiger partial charge in [-0.05, 0) is 39.2 Å². The van der Waals surface area contributed by atoms with Crippen LogP contribution < -0.4 is 10.6 Å². The Hall–Kier alpha value is -2.34. The second-order valence-corrected chi connectivity index (χ2v) is 6.39. The molecule has 3 N–H and O–H groups in total. The minimum absolute atomic E-state index is 0.0372. The minimum Gasteiger partial charge on any atom is -0.396 e. The van der Waals surface area contributed by atoms with E-state index < -0.39 is 0 Å². The number of aryl methyl sites for hydroxylation is 1. The van der Waals surface area contributed by atoms with Crippen molar-refractivity contribution >= 4 is 6.03 Å². The fourth-order valence-electron chi connectivity index (χ4n) is 2.81. The number of urea groups is 1. The van der Waals surface area contributed by atoms with Crippen molar-refractivity contribution in [2.75, 3.05) is 6.61 Å². The predicted octanol–water partition coefficient (Wildman–Crippen LogP) is 2.51. The first kappa shape index (κ1) is 19.0. The van der Waals surface area contributed by atoms with Gasteiger partial charge in [-0.2, -0.15) is 5.10 Å². The molecule has 0 saturated carbocycles. The molecule has 6 heteroatoms. The molecule has 0 aliphatic heterocycles. The van der Waals surface area contributed by atoms with Gasteiger partial charge in [-0.1, -0.05) is 30.3 Å². The normalized spacial score (nSPS) is 12.0. The number of rotatable bonds is 8. The first-order valence-corrected chi connectivity index (χ1v) is 8.73. The summed E-state index contributed by atoms with van der Waals surface area (Å²) in [5.74, 6) is 0. The Morgan fingerprint density at radius 2 is 2.00 bits per heavy atom. The molecule has 0 aliphatic carbocycles. The smallest absolute Gasteiger partial charge is 0.315 e. The number of hydrogen-bond donors (Lipinski definition) is 3. The molecule has 1 atom stereocenters. The van der Waals surface area contributed by atoms with Gasteiger partial charge in [0.2, 0.25) is 0 Å². The molecule has 2 amide bonds. The summed E-state index contributed by atoms with van der Waals surface area (Å²) in [5.41, 5.74) is 4.24. The average molecular weight is 344 g/mol. The zero-order chi connectivity index (χ0) is 18.2. The Bertz CT molecular complexity index is 682. The fraction of sp³-hybridized carbons (Fsp3) is 0.474. The maximum Gasteiger partial charge on any atom is 0.315 e. The zero-order valence-corrected chi connectivity index (χ0v) is 15.2. The van der Waals surface area contributed by atoms with Gasteiger partial charge in [0.05, 0.1) is 12.2 Å². The molecule has 0 saturated heterocycles. The minimum atomic E-state index is -0.194. The number of benzene rings is 1. The summed E-state index contributed by atoms with van der Waals surface area (Å²) in [4.78, 5) is 12.0. The molecule has 1 unspecified atom stereocenters. The Balaban J connectivity index is 1.93. The molecule has 0 aliphatic rings. The van der Waals surface area contributed by atoms with Crippen LogP contribution in [0.1, 0.15) is 42.3 Å². The number of aromatic nitrogens is 2. The summed E-state index contributed by atoms with van der Waals surface area (Å²) in [6, 6.07) is 10.0. The third-order valence-corrected chi connectivity index (χ3v) is 4.30. The van der Waals surface area contributed by atoms with Crippen LogP contribution in [-0.2, 0) is 13.1 Å². The van der Waals surface area contributed by atoms with E-state index in [1.165, 1.54) is 5.56 Å². The van der Waals surface area contributed by atoms with Gasteiger partial charge in [-0.15, -0.1) is 0 Å². The summed E-state index contributed by atoms with van der Waals surface area (Å²) < 4.78 is 1.98. The van der Waals surface area contributed by atoms with Gasteiger partial charge in [-0.25, -0.2) is 4.79 Å². The molecule has 0 spiro atoms. The highest BCUT2D eigenvalue weighted by atomic mass is 16.3. The molecule has 25 heavy (non-hydrogen) atoms. The van der Waals surface area contributed by atoms with Gasteiger partial charge in [0, 0.05) is 30.5 Å². The molecule has 0 radical (unpaired) electrons. The molecule has 0 bridgehead atoms. The lowest BCUT2D eigenvalue weighted by Gasteiger charge is -2.14. The number of nitrogens with one attached hydrogen (secondary N) is 2. The lowest BCUT2D eigenvalue weighted by molar-refractivity contribution is 0.234. The standard InChI is InChI=1S/C19H28N4O2/c1-14(8-7-11-24)21-19(25)20-12-18-15(2)22-23(16(18)3)13-17-9-5-4-6-10-17/h4-6,9-10,14,24H,7-8,11-13H2,1-3H3,(H2,20,21,25). The Kier molecular flexibility index (Phi) is 7.01. The van der Waals surface area contributed by atoms with E-state index in [2.05, 4.69) is 27.9 Å². The van der Waals surface area contributed by atoms with Gasteiger partial charge in [-0.3, -0.25) is 4.68 Å². The molecule has 0 fully saturated rings. The molecule has 2 rings (SSSR count). The summed E-state index contributed by atoms with van der Waals surface area (Å²) >= 11 is 0. The molecule has 1 aromatic heterocycles. The van der Waals surface area contributed by atoms with Gasteiger partial charge in [0.15, 0.2) is 0 Å². The van der Waals surface area contributed by atoms with Crippen LogP contribution in [0.4, 0.5) is 4.79 Å². The molecule has 1 heterocycles. The number of aliphatic hydroxyl groups is 1. The van der Waals surface area contributed by atoms with Crippen molar-refractivity contribution in [3.05, 3.63) is 52.8 Å². The van der Waals surface area contributed by atoms with E-state index in [1.807, 2.05) is 43.7 Å². The van der Waals surface area contributed by atoms with E-state index in [0.29, 0.717) is 13.0 Å². The van der Waals surface area contributed by atoms with E-state index in [4.69, 9.17) is 5.11 Å². The monoisotopic (exact) mass is 344 g/mol. The van der Waals surface area contributed by atoms with Crippen molar-refractivity contribution in [2.45, 2.75) is 52.7 Å². The van der Waals surface area contributed by atoms with Crippen LogP contribution in [-0.4, -0.2) is 33.6 Å². The fourth-order valence-corrected chi connectivity index (χ4v) is 2.81. The summed E-state index contributed by atoms with van der Waals surface area (Å²) in [6.07, 6.45) is 1.45. The number of amides is 2. The van der Waals surface area contributed by atoms with Crippen LogP contribution in [0.15, 0.2) is 30.3 Å². The predicted molar refractivity (Wildman–Crippen MR) is 98.4 cm³/mol. The zero-order valence-electron chi connectivity index (χ0n) is 15.2. The summed E-state index contributed by atoms with van der Waals surface area (Å²) in [7, 11) is 0. The first-order valence-electron chi connectivity index (χ1n) is 8.73. The van der Waals surface area contributed by atoms with Crippen LogP contribution >= 0.6 is 0 Å². The van der Waals surface area contributed by atoms with Crippen molar-refractivity contribution in [1.82, 2.24) is 20.4 Å². The Morgan fingerprint density at radius 3 is 2.68 bits per heavy atom. The van der Waals surface area contributed by atoms with Crippen LogP contribution in [0, 0.1) is 13.8 Å². The van der Waals surface area contributed by atoms with E-state index in [-0.39, 0.29) is 18.7 Å². The number of nitrogens with zero attached hydrogens (tertiary/aromatic N) is 2. The lowest BCUT2D eigenvalue weighted by Crippen LogP contribution is -2.40. The van der Waals surface area contributed by atoms with Crippen LogP contribution in [0.2, 0.25) is 0 Å². The Morgan fingerprint density at radius 1 is 1.28 bits per heavy atom. The van der Waals surface area contributed by atoms with Crippen LogP contribution in [0.25, 0.3) is 0 Å². The number of carbonyl (C=O) groups is 1. The van der Waals surface area contributed by atoms with E-state index >= 15 is 0 Å². The van der Waals surface area contributed by atoms with Crippen LogP contribution in [0.3, 0.4) is 0 Å². The van der Waals surface area contributed by atoms with Crippen molar-refractivity contribution in [2.24, 2.45) is 0 Å². The number of carbonyl (C=O) groups excluding carboxylic acids is 1. The Labute approximate surface area is 149 Å². The number of hydrogen-bond acceptors (Lipinski definition) is 3. The van der Waals surface area contributed by atoms with Crippen molar-refractivity contribution in [1.29, 1.82) is 0 Å². The number of aliphatic hydroxyl groups excluding tert-OH is 1. The van der Waals surface area contributed by atoms with Gasteiger partial charge in [0.1, 0.15) is 0 Å². The molecular weight excluding hydrogens is 316 g/mol. The van der Waals surface area contributed by atoms with E-state index in [9.17, 15) is 4.79 Å². The van der Waals surface area contributed by atoms with Crippen molar-refractivity contribution in [3.8, 4) is 0 Å². The lowest BCUT2D eigenvalue weighted by atomic mass is 10.2. The second-order valence-electron chi connectivity index (χ2n) is 6.39. The topological polar surface area (TPSA) is 79.2 Å². The maximum absolute atomic E-state index is 12.0. The van der Waals surface area contributed by atoms with E-state index in [1.54, 1.807) is 0 Å². The van der Waals surface area contributed by atoms with Crippen molar-refractivity contribution in [3.63, 3.8) is 0 Å². The molecule has 2 aromatic rings. The quantitative estimate of drug-likeness (QED) is 0.688. The second kappa shape index (κ2) is 9.22. The average Bonchev–Trinajstić information content (AvgIpc) is 2.85. The SMILES string of the molecule is Cc1nn(Cc2ccccc2)c(C)c1CNC(=O)NC(C)CCCO. The summed E-state index contributed by atoms with van der Waals surface area (Å²) in [6.45, 7) is 7.24. The highest BCUT2D eigenvalue weighted by Crippen LogP contribution is 2.14. The third-order valence-electron chi connectivity index (χ3n) is 4.30. The third kappa shape index (κ3) is 5.60. The first-order chi connectivity index (χ1) is 12.0. The largest absolute Gasteiger partial charge is 0.396 e. The maximum atomic E-state index is 12.0. The molecule has 6 nitrogen and oxygen atoms in total. The van der Waals surface area contributed by atoms with Gasteiger partial charge < -0.3 is 15.7 Å². The van der Waals surface area contributed by atoms with Gasteiger partial charge in [0.25, 0.3) is 0 Å². The molecule has 136 valence electrons. The van der Waals surface area contributed by atoms with Crippen molar-refractivity contribution < 1.29 is 9.90 Å². The summed E-state index contributed by atoms with van der Waals surface area (Å²) in [5, 5.41) is 19.2. The van der Waals surface area contributed by atoms with Crippen LogP contribution in [0.5, 0.6) is 0 Å². The molecule has 1 aromatic carbocycles. The van der Waals surface area contributed by atoms with Gasteiger partial charge >= 0.3 is 6.03 Å². The highest BCUT2D eigenvalue weighted by molar-refractivity contribution is 5.74. The van der Waals surface area contributed by atoms with E-state index in [0.717, 1.165) is 29.9 Å². The molecular formula is C19H28N4O2.